The van der Waals surface area contributed by atoms with Crippen LogP contribution < -0.4 is 14.8 Å². The van der Waals surface area contributed by atoms with Crippen LogP contribution in [0.1, 0.15) is 0 Å². The number of fused-ring (bicyclic) bond motifs is 1. The van der Waals surface area contributed by atoms with Crippen LogP contribution in [0.5, 0.6) is 11.5 Å². The molecule has 0 bridgehead atoms. The Hall–Kier alpha value is -2.28. The fraction of sp³-hybridized carbons (Fsp3) is 0.429. The zero-order valence-corrected chi connectivity index (χ0v) is 11.3. The Bertz CT molecular complexity index is 562. The van der Waals surface area contributed by atoms with Gasteiger partial charge in [-0.25, -0.2) is 0 Å². The summed E-state index contributed by atoms with van der Waals surface area (Å²) in [4.78, 5) is 24.9. The minimum Gasteiger partial charge on any atom is -0.485 e. The first-order valence-electron chi connectivity index (χ1n) is 6.78. The molecule has 0 unspecified atom stereocenters. The molecule has 2 atom stereocenters. The molecule has 7 nitrogen and oxygen atoms in total. The topological polar surface area (TPSA) is 88.1 Å². The van der Waals surface area contributed by atoms with Crippen molar-refractivity contribution in [1.82, 2.24) is 10.2 Å². The molecular weight excluding hydrogens is 276 g/mol. The summed E-state index contributed by atoms with van der Waals surface area (Å²) in [5.74, 6) is -0.0480. The molecule has 0 radical (unpaired) electrons. The number of ether oxygens (including phenoxy) is 2. The molecule has 1 aromatic rings. The van der Waals surface area contributed by atoms with Crippen molar-refractivity contribution < 1.29 is 24.2 Å². The molecule has 2 aliphatic heterocycles. The number of carboxylic acids is 1. The van der Waals surface area contributed by atoms with Crippen molar-refractivity contribution in [1.29, 1.82) is 0 Å². The van der Waals surface area contributed by atoms with Gasteiger partial charge in [-0.15, -0.1) is 0 Å². The van der Waals surface area contributed by atoms with Gasteiger partial charge in [0.2, 0.25) is 6.10 Å². The predicted molar refractivity (Wildman–Crippen MR) is 72.4 cm³/mol. The molecule has 0 saturated carbocycles. The molecular formula is C14H16N2O5. The van der Waals surface area contributed by atoms with Crippen molar-refractivity contribution >= 4 is 11.9 Å². The smallest absolute Gasteiger partial charge is 0.322 e. The number of piperazine rings is 1. The molecule has 0 aromatic heterocycles. The van der Waals surface area contributed by atoms with E-state index in [4.69, 9.17) is 14.6 Å². The van der Waals surface area contributed by atoms with E-state index in [-0.39, 0.29) is 19.1 Å². The maximum atomic E-state index is 12.4. The second kappa shape index (κ2) is 5.61. The predicted octanol–water partition coefficient (Wildman–Crippen LogP) is -0.289. The van der Waals surface area contributed by atoms with Gasteiger partial charge in [0.15, 0.2) is 11.5 Å². The Morgan fingerprint density at radius 2 is 2.05 bits per heavy atom. The largest absolute Gasteiger partial charge is 0.485 e. The van der Waals surface area contributed by atoms with Gasteiger partial charge in [0.05, 0.1) is 0 Å². The lowest BCUT2D eigenvalue weighted by molar-refractivity contribution is -0.146. The van der Waals surface area contributed by atoms with Crippen LogP contribution in [0, 0.1) is 0 Å². The van der Waals surface area contributed by atoms with Crippen molar-refractivity contribution in [2.75, 3.05) is 26.2 Å². The third kappa shape index (κ3) is 2.78. The van der Waals surface area contributed by atoms with Crippen molar-refractivity contribution in [2.24, 2.45) is 0 Å². The van der Waals surface area contributed by atoms with Crippen LogP contribution in [0.15, 0.2) is 24.3 Å². The molecule has 2 aliphatic rings. The van der Waals surface area contributed by atoms with Crippen LogP contribution in [0.2, 0.25) is 0 Å². The average molecular weight is 292 g/mol. The second-order valence-corrected chi connectivity index (χ2v) is 4.99. The number of carboxylic acid groups (broad SMARTS) is 1. The number of benzene rings is 1. The minimum absolute atomic E-state index is 0.135. The summed E-state index contributed by atoms with van der Waals surface area (Å²) in [6.07, 6.45) is -0.729. The Morgan fingerprint density at radius 1 is 1.29 bits per heavy atom. The van der Waals surface area contributed by atoms with Crippen LogP contribution in [0.25, 0.3) is 0 Å². The zero-order chi connectivity index (χ0) is 14.8. The molecule has 3 rings (SSSR count). The average Bonchev–Trinajstić information content (AvgIpc) is 2.53. The molecule has 0 aliphatic carbocycles. The van der Waals surface area contributed by atoms with Crippen molar-refractivity contribution in [2.45, 2.75) is 12.1 Å². The molecule has 1 saturated heterocycles. The van der Waals surface area contributed by atoms with Crippen LogP contribution in [-0.2, 0) is 9.59 Å². The van der Waals surface area contributed by atoms with E-state index >= 15 is 0 Å². The quantitative estimate of drug-likeness (QED) is 0.779. The van der Waals surface area contributed by atoms with E-state index < -0.39 is 18.1 Å². The summed E-state index contributed by atoms with van der Waals surface area (Å²) >= 11 is 0. The van der Waals surface area contributed by atoms with Crippen molar-refractivity contribution in [3.05, 3.63) is 24.3 Å². The van der Waals surface area contributed by atoms with E-state index in [2.05, 4.69) is 5.32 Å². The molecule has 1 aromatic carbocycles. The second-order valence-electron chi connectivity index (χ2n) is 4.99. The number of carbonyl (C=O) groups excluding carboxylic acids is 1. The first kappa shape index (κ1) is 13.7. The SMILES string of the molecule is O=C(O)[C@H]1CN(C(=O)[C@H]2COc3ccccc3O2)CCN1. The van der Waals surface area contributed by atoms with Gasteiger partial charge >= 0.3 is 5.97 Å². The molecule has 7 heteroatoms. The number of amides is 1. The lowest BCUT2D eigenvalue weighted by atomic mass is 10.2. The number of para-hydroxylation sites is 2. The summed E-state index contributed by atoms with van der Waals surface area (Å²) in [7, 11) is 0. The first-order valence-corrected chi connectivity index (χ1v) is 6.78. The minimum atomic E-state index is -0.960. The van der Waals surface area contributed by atoms with Gasteiger partial charge in [0.25, 0.3) is 5.91 Å². The molecule has 2 heterocycles. The van der Waals surface area contributed by atoms with Crippen LogP contribution in [0.3, 0.4) is 0 Å². The molecule has 1 fully saturated rings. The highest BCUT2D eigenvalue weighted by Crippen LogP contribution is 2.31. The Labute approximate surface area is 121 Å². The number of hydrogen-bond acceptors (Lipinski definition) is 5. The van der Waals surface area contributed by atoms with E-state index in [0.717, 1.165) is 0 Å². The third-order valence-electron chi connectivity index (χ3n) is 3.57. The molecule has 21 heavy (non-hydrogen) atoms. The Balaban J connectivity index is 1.67. The van der Waals surface area contributed by atoms with E-state index in [1.165, 1.54) is 4.90 Å². The maximum Gasteiger partial charge on any atom is 0.322 e. The number of hydrogen-bond donors (Lipinski definition) is 2. The van der Waals surface area contributed by atoms with Crippen molar-refractivity contribution in [3.8, 4) is 11.5 Å². The zero-order valence-electron chi connectivity index (χ0n) is 11.3. The molecule has 0 spiro atoms. The summed E-state index contributed by atoms with van der Waals surface area (Å²) in [5, 5.41) is 11.9. The van der Waals surface area contributed by atoms with Gasteiger partial charge in [0, 0.05) is 19.6 Å². The molecule has 1 amide bonds. The highest BCUT2D eigenvalue weighted by atomic mass is 16.6. The normalized spacial score (nSPS) is 24.5. The summed E-state index contributed by atoms with van der Waals surface area (Å²) in [5.41, 5.74) is 0. The van der Waals surface area contributed by atoms with E-state index in [9.17, 15) is 9.59 Å². The van der Waals surface area contributed by atoms with Gasteiger partial charge in [0.1, 0.15) is 12.6 Å². The van der Waals surface area contributed by atoms with E-state index in [1.807, 2.05) is 6.07 Å². The Morgan fingerprint density at radius 3 is 2.81 bits per heavy atom. The summed E-state index contributed by atoms with van der Waals surface area (Å²) in [6, 6.07) is 6.42. The standard InChI is InChI=1S/C14H16N2O5/c17-13(16-6-5-15-9(7-16)14(18)19)12-8-20-10-3-1-2-4-11(10)21-12/h1-4,9,12,15H,5-8H2,(H,18,19)/t9-,12-/m1/s1. The molecule has 112 valence electrons. The monoisotopic (exact) mass is 292 g/mol. The van der Waals surface area contributed by atoms with Gasteiger partial charge in [-0.05, 0) is 12.1 Å². The van der Waals surface area contributed by atoms with E-state index in [0.29, 0.717) is 24.6 Å². The lowest BCUT2D eigenvalue weighted by Gasteiger charge is -2.35. The van der Waals surface area contributed by atoms with Gasteiger partial charge < -0.3 is 24.8 Å². The lowest BCUT2D eigenvalue weighted by Crippen LogP contribution is -2.58. The Kier molecular flexibility index (Phi) is 3.66. The number of rotatable bonds is 2. The van der Waals surface area contributed by atoms with Crippen LogP contribution in [-0.4, -0.2) is 60.3 Å². The number of nitrogens with zero attached hydrogens (tertiary/aromatic N) is 1. The van der Waals surface area contributed by atoms with Crippen molar-refractivity contribution in [3.63, 3.8) is 0 Å². The summed E-state index contributed by atoms with van der Waals surface area (Å²) < 4.78 is 11.2. The number of nitrogens with one attached hydrogen (secondary N) is 1. The first-order chi connectivity index (χ1) is 10.1. The fourth-order valence-corrected chi connectivity index (χ4v) is 2.46. The maximum absolute atomic E-state index is 12.4. The highest BCUT2D eigenvalue weighted by Gasteiger charge is 2.34. The van der Waals surface area contributed by atoms with Crippen LogP contribution >= 0.6 is 0 Å². The highest BCUT2D eigenvalue weighted by molar-refractivity contribution is 5.83. The van der Waals surface area contributed by atoms with Gasteiger partial charge in [-0.1, -0.05) is 12.1 Å². The summed E-state index contributed by atoms with van der Waals surface area (Å²) in [6.45, 7) is 1.18. The van der Waals surface area contributed by atoms with Gasteiger partial charge in [-0.2, -0.15) is 0 Å². The number of carbonyl (C=O) groups is 2. The number of aliphatic carboxylic acids is 1. The molecule has 2 N–H and O–H groups in total. The van der Waals surface area contributed by atoms with Gasteiger partial charge in [-0.3, -0.25) is 9.59 Å². The van der Waals surface area contributed by atoms with E-state index in [1.54, 1.807) is 18.2 Å². The van der Waals surface area contributed by atoms with Crippen LogP contribution in [0.4, 0.5) is 0 Å². The third-order valence-corrected chi connectivity index (χ3v) is 3.57. The fourth-order valence-electron chi connectivity index (χ4n) is 2.46.